The maximum atomic E-state index is 11.7. The molecule has 0 aliphatic rings. The Labute approximate surface area is 106 Å². The van der Waals surface area contributed by atoms with Gasteiger partial charge in [0, 0.05) is 10.0 Å². The van der Waals surface area contributed by atoms with Gasteiger partial charge in [-0.15, -0.1) is 11.3 Å². The minimum atomic E-state index is -0.152. The van der Waals surface area contributed by atoms with Crippen LogP contribution in [-0.2, 0) is 0 Å². The number of hydrogen-bond acceptors (Lipinski definition) is 2. The number of ketones is 1. The molecular formula is C13H7BrOS. The molecule has 0 aliphatic carbocycles. The molecule has 2 rings (SSSR count). The lowest BCUT2D eigenvalue weighted by Gasteiger charge is -1.93. The van der Waals surface area contributed by atoms with E-state index in [0.29, 0.717) is 5.56 Å². The topological polar surface area (TPSA) is 17.1 Å². The first-order valence-electron chi connectivity index (χ1n) is 4.61. The van der Waals surface area contributed by atoms with E-state index in [1.807, 2.05) is 29.6 Å². The zero-order valence-electron chi connectivity index (χ0n) is 8.24. The number of hydrogen-bond donors (Lipinski definition) is 0. The first-order chi connectivity index (χ1) is 7.75. The molecule has 0 N–H and O–H groups in total. The van der Waals surface area contributed by atoms with Crippen LogP contribution in [0, 0.1) is 11.8 Å². The zero-order valence-corrected chi connectivity index (χ0v) is 10.6. The van der Waals surface area contributed by atoms with Crippen molar-refractivity contribution in [3.8, 4) is 11.8 Å². The second-order valence-corrected chi connectivity index (χ2v) is 4.93. The molecule has 0 radical (unpaired) electrons. The van der Waals surface area contributed by atoms with Crippen molar-refractivity contribution >= 4 is 33.0 Å². The summed E-state index contributed by atoms with van der Waals surface area (Å²) in [6.45, 7) is 0. The van der Waals surface area contributed by atoms with Crippen LogP contribution in [-0.4, -0.2) is 5.78 Å². The second kappa shape index (κ2) is 5.11. The van der Waals surface area contributed by atoms with Gasteiger partial charge in [-0.2, -0.15) is 0 Å². The average Bonchev–Trinajstić information content (AvgIpc) is 2.80. The highest BCUT2D eigenvalue weighted by molar-refractivity contribution is 9.10. The Hall–Kier alpha value is -1.37. The van der Waals surface area contributed by atoms with Crippen LogP contribution in [0.5, 0.6) is 0 Å². The van der Waals surface area contributed by atoms with E-state index >= 15 is 0 Å². The lowest BCUT2D eigenvalue weighted by atomic mass is 10.1. The lowest BCUT2D eigenvalue weighted by Crippen LogP contribution is -1.93. The van der Waals surface area contributed by atoms with Crippen LogP contribution >= 0.6 is 27.3 Å². The highest BCUT2D eigenvalue weighted by Gasteiger charge is 2.00. The Bertz CT molecular complexity index is 544. The van der Waals surface area contributed by atoms with Crippen molar-refractivity contribution in [2.45, 2.75) is 0 Å². The molecule has 2 aromatic rings. The Kier molecular flexibility index (Phi) is 3.55. The fourth-order valence-corrected chi connectivity index (χ4v) is 1.98. The molecule has 0 spiro atoms. The van der Waals surface area contributed by atoms with Crippen molar-refractivity contribution in [3.63, 3.8) is 0 Å². The molecule has 0 saturated heterocycles. The molecule has 3 heteroatoms. The molecule has 1 nitrogen and oxygen atoms in total. The van der Waals surface area contributed by atoms with Gasteiger partial charge in [-0.05, 0) is 47.6 Å². The SMILES string of the molecule is O=C(C#Cc1cccs1)c1ccc(Br)cc1. The van der Waals surface area contributed by atoms with Crippen LogP contribution in [0.3, 0.4) is 0 Å². The molecule has 0 atom stereocenters. The van der Waals surface area contributed by atoms with Gasteiger partial charge in [0.05, 0.1) is 4.88 Å². The monoisotopic (exact) mass is 290 g/mol. The largest absolute Gasteiger partial charge is 0.279 e. The van der Waals surface area contributed by atoms with E-state index < -0.39 is 0 Å². The van der Waals surface area contributed by atoms with E-state index in [0.717, 1.165) is 9.35 Å². The van der Waals surface area contributed by atoms with Gasteiger partial charge in [0.15, 0.2) is 0 Å². The third-order valence-corrected chi connectivity index (χ3v) is 3.24. The summed E-state index contributed by atoms with van der Waals surface area (Å²) in [5.41, 5.74) is 0.618. The quantitative estimate of drug-likeness (QED) is 0.578. The smallest absolute Gasteiger partial charge is 0.236 e. The molecule has 0 bridgehead atoms. The van der Waals surface area contributed by atoms with Crippen LogP contribution in [0.2, 0.25) is 0 Å². The van der Waals surface area contributed by atoms with Gasteiger partial charge in [0.25, 0.3) is 0 Å². The van der Waals surface area contributed by atoms with Crippen LogP contribution in [0.15, 0.2) is 46.3 Å². The maximum absolute atomic E-state index is 11.7. The summed E-state index contributed by atoms with van der Waals surface area (Å²) in [4.78, 5) is 12.6. The predicted octanol–water partition coefficient (Wildman–Crippen LogP) is 3.75. The summed E-state index contributed by atoms with van der Waals surface area (Å²) in [6.07, 6.45) is 0. The minimum Gasteiger partial charge on any atom is -0.279 e. The number of carbonyl (C=O) groups is 1. The van der Waals surface area contributed by atoms with Crippen LogP contribution < -0.4 is 0 Å². The predicted molar refractivity (Wildman–Crippen MR) is 69.7 cm³/mol. The van der Waals surface area contributed by atoms with Crippen LogP contribution in [0.25, 0.3) is 0 Å². The molecule has 0 unspecified atom stereocenters. The number of benzene rings is 1. The van der Waals surface area contributed by atoms with E-state index in [-0.39, 0.29) is 5.78 Å². The van der Waals surface area contributed by atoms with Crippen LogP contribution in [0.4, 0.5) is 0 Å². The normalized spacial score (nSPS) is 9.31. The molecule has 0 aliphatic heterocycles. The van der Waals surface area contributed by atoms with Crippen molar-refractivity contribution in [2.75, 3.05) is 0 Å². The second-order valence-electron chi connectivity index (χ2n) is 3.06. The zero-order chi connectivity index (χ0) is 11.4. The van der Waals surface area contributed by atoms with Gasteiger partial charge in [0.2, 0.25) is 5.78 Å². The standard InChI is InChI=1S/C13H7BrOS/c14-11-5-3-10(4-6-11)13(15)8-7-12-2-1-9-16-12/h1-6,9H. The van der Waals surface area contributed by atoms with Gasteiger partial charge < -0.3 is 0 Å². The lowest BCUT2D eigenvalue weighted by molar-refractivity contribution is 0.105. The summed E-state index contributed by atoms with van der Waals surface area (Å²) in [5.74, 6) is 5.32. The molecule has 78 valence electrons. The fraction of sp³-hybridized carbons (Fsp3) is 0. The molecule has 16 heavy (non-hydrogen) atoms. The van der Waals surface area contributed by atoms with Crippen molar-refractivity contribution < 1.29 is 4.79 Å². The van der Waals surface area contributed by atoms with Crippen molar-refractivity contribution in [1.82, 2.24) is 0 Å². The van der Waals surface area contributed by atoms with Gasteiger partial charge in [0.1, 0.15) is 0 Å². The number of halogens is 1. The molecular weight excluding hydrogens is 284 g/mol. The fourth-order valence-electron chi connectivity index (χ4n) is 1.14. The van der Waals surface area contributed by atoms with E-state index in [2.05, 4.69) is 27.8 Å². The summed E-state index contributed by atoms with van der Waals surface area (Å²) in [6, 6.07) is 11.0. The molecule has 0 fully saturated rings. The average molecular weight is 291 g/mol. The molecule has 1 heterocycles. The number of thiophene rings is 1. The van der Waals surface area contributed by atoms with Gasteiger partial charge >= 0.3 is 0 Å². The molecule has 1 aromatic carbocycles. The van der Waals surface area contributed by atoms with Crippen molar-refractivity contribution in [1.29, 1.82) is 0 Å². The number of Topliss-reactive ketones (excluding diaryl/α,β-unsaturated/α-hetero) is 1. The maximum Gasteiger partial charge on any atom is 0.236 e. The van der Waals surface area contributed by atoms with Crippen molar-refractivity contribution in [3.05, 3.63) is 56.7 Å². The Balaban J connectivity index is 2.17. The van der Waals surface area contributed by atoms with E-state index in [4.69, 9.17) is 0 Å². The molecule has 0 saturated carbocycles. The molecule has 1 aromatic heterocycles. The summed E-state index contributed by atoms with van der Waals surface area (Å²) < 4.78 is 0.954. The number of carbonyl (C=O) groups excluding carboxylic acids is 1. The summed E-state index contributed by atoms with van der Waals surface area (Å²) >= 11 is 4.85. The van der Waals surface area contributed by atoms with E-state index in [1.54, 1.807) is 12.1 Å². The van der Waals surface area contributed by atoms with Gasteiger partial charge in [-0.1, -0.05) is 22.0 Å². The highest BCUT2D eigenvalue weighted by Crippen LogP contribution is 2.11. The molecule has 0 amide bonds. The highest BCUT2D eigenvalue weighted by atomic mass is 79.9. The first-order valence-corrected chi connectivity index (χ1v) is 6.28. The third-order valence-electron chi connectivity index (χ3n) is 1.93. The third kappa shape index (κ3) is 2.82. The van der Waals surface area contributed by atoms with Gasteiger partial charge in [-0.25, -0.2) is 0 Å². The minimum absolute atomic E-state index is 0.152. The Morgan fingerprint density at radius 3 is 2.56 bits per heavy atom. The van der Waals surface area contributed by atoms with Crippen molar-refractivity contribution in [2.24, 2.45) is 0 Å². The van der Waals surface area contributed by atoms with Crippen LogP contribution in [0.1, 0.15) is 15.2 Å². The Morgan fingerprint density at radius 2 is 1.94 bits per heavy atom. The van der Waals surface area contributed by atoms with E-state index in [1.165, 1.54) is 11.3 Å². The summed E-state index contributed by atoms with van der Waals surface area (Å²) in [5, 5.41) is 1.94. The Morgan fingerprint density at radius 1 is 1.19 bits per heavy atom. The summed E-state index contributed by atoms with van der Waals surface area (Å²) in [7, 11) is 0. The van der Waals surface area contributed by atoms with Gasteiger partial charge in [-0.3, -0.25) is 4.79 Å². The van der Waals surface area contributed by atoms with E-state index in [9.17, 15) is 4.79 Å². The number of rotatable bonds is 1. The first kappa shape index (κ1) is 11.1.